The maximum absolute atomic E-state index is 13.4. The zero-order valence-corrected chi connectivity index (χ0v) is 18.9. The summed E-state index contributed by atoms with van der Waals surface area (Å²) in [5.41, 5.74) is 1.58. The topological polar surface area (TPSA) is 107 Å². The summed E-state index contributed by atoms with van der Waals surface area (Å²) in [6.45, 7) is 0.248. The average Bonchev–Trinajstić information content (AvgIpc) is 3.28. The Balaban J connectivity index is 1.50. The molecule has 0 atom stereocenters. The Morgan fingerprint density at radius 3 is 2.50 bits per heavy atom. The van der Waals surface area contributed by atoms with Crippen molar-refractivity contribution in [1.82, 2.24) is 19.8 Å². The number of pyridine rings is 1. The number of hydrogen-bond acceptors (Lipinski definition) is 6. The van der Waals surface area contributed by atoms with Crippen LogP contribution in [0.4, 0.5) is 0 Å². The van der Waals surface area contributed by atoms with Crippen molar-refractivity contribution < 1.29 is 24.3 Å². The van der Waals surface area contributed by atoms with Crippen LogP contribution in [0.25, 0.3) is 0 Å². The van der Waals surface area contributed by atoms with E-state index >= 15 is 0 Å². The van der Waals surface area contributed by atoms with Gasteiger partial charge in [0.15, 0.2) is 5.69 Å². The quantitative estimate of drug-likeness (QED) is 0.454. The van der Waals surface area contributed by atoms with Crippen LogP contribution in [0.1, 0.15) is 53.7 Å². The van der Waals surface area contributed by atoms with Crippen molar-refractivity contribution in [2.75, 3.05) is 0 Å². The van der Waals surface area contributed by atoms with Crippen LogP contribution in [-0.4, -0.2) is 42.9 Å². The van der Waals surface area contributed by atoms with Crippen LogP contribution >= 0.6 is 0 Å². The maximum Gasteiger partial charge on any atom is 0.356 e. The zero-order valence-electron chi connectivity index (χ0n) is 18.9. The number of aromatic carboxylic acids is 1. The number of hydroxylamine groups is 2. The van der Waals surface area contributed by atoms with E-state index < -0.39 is 5.97 Å². The third kappa shape index (κ3) is 6.20. The summed E-state index contributed by atoms with van der Waals surface area (Å²) in [4.78, 5) is 34.9. The standard InChI is InChI=1S/C25H28N4O5/c30-23(29(21-11-5-2-6-12-21)34-18-19-8-3-1-4-9-19)16-28-24(14-22(27-28)25(31)32)33-17-20-10-7-13-26-15-20/h1,3-4,7-10,13-15,21H,2,5-6,11-12,16-18H2,(H,31,32). The van der Waals surface area contributed by atoms with Gasteiger partial charge in [-0.15, -0.1) is 0 Å². The van der Waals surface area contributed by atoms with Gasteiger partial charge < -0.3 is 9.84 Å². The molecule has 9 heteroatoms. The maximum atomic E-state index is 13.4. The van der Waals surface area contributed by atoms with E-state index in [1.165, 1.54) is 15.8 Å². The van der Waals surface area contributed by atoms with Crippen LogP contribution in [0.2, 0.25) is 0 Å². The Morgan fingerprint density at radius 2 is 1.79 bits per heavy atom. The minimum atomic E-state index is -1.19. The molecule has 1 aromatic carbocycles. The molecule has 1 amide bonds. The molecule has 0 saturated heterocycles. The number of rotatable bonds is 10. The summed E-state index contributed by atoms with van der Waals surface area (Å²) in [6.07, 6.45) is 8.26. The van der Waals surface area contributed by atoms with Gasteiger partial charge in [0.25, 0.3) is 5.91 Å². The van der Waals surface area contributed by atoms with Gasteiger partial charge in [-0.1, -0.05) is 55.7 Å². The first-order valence-corrected chi connectivity index (χ1v) is 11.4. The summed E-state index contributed by atoms with van der Waals surface area (Å²) >= 11 is 0. The van der Waals surface area contributed by atoms with Crippen molar-refractivity contribution in [2.24, 2.45) is 0 Å². The fourth-order valence-electron chi connectivity index (χ4n) is 3.99. The number of carbonyl (C=O) groups excluding carboxylic acids is 1. The van der Waals surface area contributed by atoms with Crippen LogP contribution in [-0.2, 0) is 29.4 Å². The summed E-state index contributed by atoms with van der Waals surface area (Å²) in [5, 5.41) is 14.9. The fourth-order valence-corrected chi connectivity index (χ4v) is 3.99. The molecule has 4 rings (SSSR count). The number of benzene rings is 1. The third-order valence-corrected chi connectivity index (χ3v) is 5.72. The predicted molar refractivity (Wildman–Crippen MR) is 123 cm³/mol. The molecule has 34 heavy (non-hydrogen) atoms. The minimum absolute atomic E-state index is 0.0285. The SMILES string of the molecule is O=C(O)c1cc(OCc2cccnc2)n(CC(=O)N(OCc2ccccc2)C2CCCCC2)n1. The Kier molecular flexibility index (Phi) is 7.87. The van der Waals surface area contributed by atoms with Gasteiger partial charge in [-0.3, -0.25) is 14.6 Å². The number of carboxylic acid groups (broad SMARTS) is 1. The van der Waals surface area contributed by atoms with Crippen molar-refractivity contribution in [1.29, 1.82) is 0 Å². The van der Waals surface area contributed by atoms with E-state index in [2.05, 4.69) is 10.1 Å². The monoisotopic (exact) mass is 464 g/mol. The average molecular weight is 465 g/mol. The number of ether oxygens (including phenoxy) is 1. The number of nitrogens with zero attached hydrogens (tertiary/aromatic N) is 4. The second-order valence-corrected chi connectivity index (χ2v) is 8.25. The lowest BCUT2D eigenvalue weighted by molar-refractivity contribution is -0.210. The highest BCUT2D eigenvalue weighted by molar-refractivity contribution is 5.85. The number of carboxylic acids is 1. The van der Waals surface area contributed by atoms with Gasteiger partial charge in [-0.25, -0.2) is 14.5 Å². The van der Waals surface area contributed by atoms with Gasteiger partial charge >= 0.3 is 5.97 Å². The lowest BCUT2D eigenvalue weighted by atomic mass is 9.95. The van der Waals surface area contributed by atoms with Gasteiger partial charge in [0.1, 0.15) is 19.8 Å². The number of hydrogen-bond donors (Lipinski definition) is 1. The highest BCUT2D eigenvalue weighted by Gasteiger charge is 2.28. The molecular weight excluding hydrogens is 436 g/mol. The Labute approximate surface area is 197 Å². The molecule has 0 aliphatic heterocycles. The van der Waals surface area contributed by atoms with E-state index in [-0.39, 0.29) is 43.3 Å². The second kappa shape index (κ2) is 11.4. The highest BCUT2D eigenvalue weighted by atomic mass is 16.7. The molecule has 1 aliphatic carbocycles. The van der Waals surface area contributed by atoms with Crippen molar-refractivity contribution >= 4 is 11.9 Å². The van der Waals surface area contributed by atoms with Crippen LogP contribution < -0.4 is 4.74 Å². The largest absolute Gasteiger partial charge is 0.476 e. The number of amides is 1. The molecule has 1 N–H and O–H groups in total. The summed E-state index contributed by atoms with van der Waals surface area (Å²) in [5.74, 6) is -1.29. The summed E-state index contributed by atoms with van der Waals surface area (Å²) in [6, 6.07) is 14.6. The van der Waals surface area contributed by atoms with E-state index in [9.17, 15) is 14.7 Å². The van der Waals surface area contributed by atoms with E-state index in [1.807, 2.05) is 36.4 Å². The molecule has 0 bridgehead atoms. The van der Waals surface area contributed by atoms with Crippen molar-refractivity contribution in [3.8, 4) is 5.88 Å². The predicted octanol–water partition coefficient (Wildman–Crippen LogP) is 3.85. The fraction of sp³-hybridized carbons (Fsp3) is 0.360. The van der Waals surface area contributed by atoms with Crippen LogP contribution in [0.5, 0.6) is 5.88 Å². The molecule has 1 fully saturated rings. The molecule has 0 spiro atoms. The minimum Gasteiger partial charge on any atom is -0.476 e. The summed E-state index contributed by atoms with van der Waals surface area (Å²) in [7, 11) is 0. The van der Waals surface area contributed by atoms with Gasteiger partial charge in [0.05, 0.1) is 6.04 Å². The van der Waals surface area contributed by atoms with E-state index in [0.717, 1.165) is 43.2 Å². The van der Waals surface area contributed by atoms with E-state index in [4.69, 9.17) is 9.57 Å². The van der Waals surface area contributed by atoms with Crippen molar-refractivity contribution in [2.45, 2.75) is 57.9 Å². The lowest BCUT2D eigenvalue weighted by Gasteiger charge is -2.33. The first-order chi connectivity index (χ1) is 16.6. The number of carbonyl (C=O) groups is 2. The van der Waals surface area contributed by atoms with Gasteiger partial charge in [-0.05, 0) is 24.5 Å². The molecule has 2 heterocycles. The lowest BCUT2D eigenvalue weighted by Crippen LogP contribution is -2.43. The molecule has 3 aromatic rings. The Hall–Kier alpha value is -3.72. The zero-order chi connectivity index (χ0) is 23.8. The third-order valence-electron chi connectivity index (χ3n) is 5.72. The molecule has 2 aromatic heterocycles. The molecule has 1 aliphatic rings. The Morgan fingerprint density at radius 1 is 1.03 bits per heavy atom. The van der Waals surface area contributed by atoms with Gasteiger partial charge in [-0.2, -0.15) is 5.10 Å². The van der Waals surface area contributed by atoms with Crippen molar-refractivity contribution in [3.05, 3.63) is 77.7 Å². The second-order valence-electron chi connectivity index (χ2n) is 8.25. The Bertz CT molecular complexity index is 1080. The molecule has 0 unspecified atom stereocenters. The first-order valence-electron chi connectivity index (χ1n) is 11.4. The molecule has 0 radical (unpaired) electrons. The normalized spacial score (nSPS) is 14.0. The molecule has 178 valence electrons. The van der Waals surface area contributed by atoms with Crippen LogP contribution in [0, 0.1) is 0 Å². The first kappa shape index (κ1) is 23.4. The summed E-state index contributed by atoms with van der Waals surface area (Å²) < 4.78 is 7.08. The smallest absolute Gasteiger partial charge is 0.356 e. The van der Waals surface area contributed by atoms with Crippen molar-refractivity contribution in [3.63, 3.8) is 0 Å². The molecular formula is C25H28N4O5. The van der Waals surface area contributed by atoms with Crippen LogP contribution in [0.15, 0.2) is 60.9 Å². The van der Waals surface area contributed by atoms with Gasteiger partial charge in [0, 0.05) is 24.0 Å². The van der Waals surface area contributed by atoms with Crippen LogP contribution in [0.3, 0.4) is 0 Å². The van der Waals surface area contributed by atoms with E-state index in [0.29, 0.717) is 0 Å². The van der Waals surface area contributed by atoms with Gasteiger partial charge in [0.2, 0.25) is 5.88 Å². The number of aromatic nitrogens is 3. The molecule has 1 saturated carbocycles. The molecule has 9 nitrogen and oxygen atoms in total. The van der Waals surface area contributed by atoms with E-state index in [1.54, 1.807) is 18.5 Å². The highest BCUT2D eigenvalue weighted by Crippen LogP contribution is 2.25.